The van der Waals surface area contributed by atoms with Gasteiger partial charge in [0.15, 0.2) is 0 Å². The van der Waals surface area contributed by atoms with Crippen LogP contribution in [0, 0.1) is 5.92 Å². The fourth-order valence-corrected chi connectivity index (χ4v) is 2.79. The minimum absolute atomic E-state index is 0.310. The number of aryl methyl sites for hydroxylation is 2. The minimum Gasteiger partial charge on any atom is -0.271 e. The van der Waals surface area contributed by atoms with Crippen molar-refractivity contribution in [2.45, 2.75) is 19.8 Å². The molecule has 0 aliphatic rings. The van der Waals surface area contributed by atoms with Gasteiger partial charge in [0.05, 0.1) is 15.9 Å². The zero-order valence-electron chi connectivity index (χ0n) is 8.93. The largest absolute Gasteiger partial charge is 0.271 e. The molecule has 0 aliphatic carbocycles. The van der Waals surface area contributed by atoms with Crippen LogP contribution in [0.3, 0.4) is 0 Å². The van der Waals surface area contributed by atoms with E-state index in [1.54, 1.807) is 0 Å². The van der Waals surface area contributed by atoms with Gasteiger partial charge in [-0.15, -0.1) is 23.2 Å². The first-order chi connectivity index (χ1) is 7.13. The number of nitrogens with zero attached hydrogens (tertiary/aromatic N) is 2. The topological polar surface area (TPSA) is 17.8 Å². The lowest BCUT2D eigenvalue weighted by Crippen LogP contribution is -2.11. The molecule has 0 fully saturated rings. The van der Waals surface area contributed by atoms with E-state index in [9.17, 15) is 0 Å². The Bertz CT molecular complexity index is 321. The third kappa shape index (κ3) is 3.11. The molecule has 0 aromatic carbocycles. The summed E-state index contributed by atoms with van der Waals surface area (Å²) in [5.41, 5.74) is 2.27. The Labute approximate surface area is 109 Å². The van der Waals surface area contributed by atoms with Crippen LogP contribution in [-0.4, -0.2) is 21.5 Å². The smallest absolute Gasteiger partial charge is 0.0766 e. The number of aromatic nitrogens is 2. The van der Waals surface area contributed by atoms with E-state index in [4.69, 9.17) is 23.2 Å². The van der Waals surface area contributed by atoms with Crippen molar-refractivity contribution in [1.29, 1.82) is 0 Å². The first-order valence-corrected chi connectivity index (χ1v) is 6.82. The van der Waals surface area contributed by atoms with E-state index in [-0.39, 0.29) is 0 Å². The van der Waals surface area contributed by atoms with Gasteiger partial charge >= 0.3 is 0 Å². The van der Waals surface area contributed by atoms with E-state index in [0.29, 0.717) is 17.7 Å². The summed E-state index contributed by atoms with van der Waals surface area (Å²) in [5.74, 6) is 1.48. The molecule has 0 saturated heterocycles. The van der Waals surface area contributed by atoms with Crippen molar-refractivity contribution in [2.75, 3.05) is 11.8 Å². The molecule has 1 aromatic heterocycles. The van der Waals surface area contributed by atoms with Gasteiger partial charge < -0.3 is 0 Å². The summed E-state index contributed by atoms with van der Waals surface area (Å²) in [6.07, 6.45) is 1.80. The van der Waals surface area contributed by atoms with Gasteiger partial charge in [0.1, 0.15) is 0 Å². The fourth-order valence-electron chi connectivity index (χ4n) is 1.47. The predicted octanol–water partition coefficient (Wildman–Crippen LogP) is 3.38. The molecule has 0 bridgehead atoms. The molecule has 5 heteroatoms. The zero-order chi connectivity index (χ0) is 11.4. The van der Waals surface area contributed by atoms with E-state index in [1.165, 1.54) is 5.69 Å². The Hall–Kier alpha value is 0.270. The van der Waals surface area contributed by atoms with Crippen LogP contribution in [0.15, 0.2) is 4.47 Å². The first-order valence-electron chi connectivity index (χ1n) is 4.96. The van der Waals surface area contributed by atoms with Crippen molar-refractivity contribution in [2.24, 2.45) is 13.0 Å². The Balaban J connectivity index is 2.88. The van der Waals surface area contributed by atoms with E-state index in [1.807, 2.05) is 11.7 Å². The summed E-state index contributed by atoms with van der Waals surface area (Å²) in [5, 5.41) is 4.43. The van der Waals surface area contributed by atoms with Gasteiger partial charge in [-0.1, -0.05) is 6.92 Å². The molecule has 0 unspecified atom stereocenters. The van der Waals surface area contributed by atoms with Gasteiger partial charge in [0.2, 0.25) is 0 Å². The van der Waals surface area contributed by atoms with Gasteiger partial charge in [0, 0.05) is 18.8 Å². The lowest BCUT2D eigenvalue weighted by atomic mass is 10.1. The number of halogens is 3. The Kier molecular flexibility index (Phi) is 5.44. The number of alkyl halides is 2. The quantitative estimate of drug-likeness (QED) is 0.762. The molecule has 86 valence electrons. The summed E-state index contributed by atoms with van der Waals surface area (Å²) >= 11 is 15.2. The number of hydrogen-bond acceptors (Lipinski definition) is 1. The summed E-state index contributed by atoms with van der Waals surface area (Å²) in [4.78, 5) is 0. The van der Waals surface area contributed by atoms with Crippen LogP contribution in [0.2, 0.25) is 0 Å². The maximum atomic E-state index is 5.83. The molecule has 0 N–H and O–H groups in total. The highest BCUT2D eigenvalue weighted by molar-refractivity contribution is 9.10. The molecular formula is C10H15BrCl2N2. The maximum Gasteiger partial charge on any atom is 0.0766 e. The SMILES string of the molecule is CCc1nn(C)c(CC(CCl)CCl)c1Br. The number of rotatable bonds is 5. The normalized spacial score (nSPS) is 11.3. The van der Waals surface area contributed by atoms with E-state index < -0.39 is 0 Å². The summed E-state index contributed by atoms with van der Waals surface area (Å²) < 4.78 is 3.02. The van der Waals surface area contributed by atoms with Gasteiger partial charge in [-0.2, -0.15) is 5.10 Å². The van der Waals surface area contributed by atoms with Crippen molar-refractivity contribution in [1.82, 2.24) is 9.78 Å². The lowest BCUT2D eigenvalue weighted by molar-refractivity contribution is 0.602. The standard InChI is InChI=1S/C10H15BrCl2N2/c1-3-8-10(11)9(15(2)14-8)4-7(5-12)6-13/h7H,3-6H2,1-2H3. The van der Waals surface area contributed by atoms with E-state index >= 15 is 0 Å². The maximum absolute atomic E-state index is 5.83. The predicted molar refractivity (Wildman–Crippen MR) is 68.9 cm³/mol. The molecule has 0 spiro atoms. The lowest BCUT2D eigenvalue weighted by Gasteiger charge is -2.10. The second-order valence-electron chi connectivity index (χ2n) is 3.56. The Morgan fingerprint density at radius 3 is 2.40 bits per heavy atom. The molecule has 1 aromatic rings. The highest BCUT2D eigenvalue weighted by Crippen LogP contribution is 2.24. The minimum atomic E-state index is 0.310. The van der Waals surface area contributed by atoms with Crippen molar-refractivity contribution >= 4 is 39.1 Å². The zero-order valence-corrected chi connectivity index (χ0v) is 12.0. The average molecular weight is 314 g/mol. The number of hydrogen-bond donors (Lipinski definition) is 0. The third-order valence-corrected chi connectivity index (χ3v) is 4.21. The van der Waals surface area contributed by atoms with Crippen LogP contribution >= 0.6 is 39.1 Å². The fraction of sp³-hybridized carbons (Fsp3) is 0.700. The summed E-state index contributed by atoms with van der Waals surface area (Å²) in [6, 6.07) is 0. The monoisotopic (exact) mass is 312 g/mol. The van der Waals surface area contributed by atoms with Gasteiger partial charge in [-0.05, 0) is 34.7 Å². The second kappa shape index (κ2) is 6.12. The summed E-state index contributed by atoms with van der Waals surface area (Å²) in [7, 11) is 1.96. The van der Waals surface area contributed by atoms with Crippen molar-refractivity contribution in [3.05, 3.63) is 15.9 Å². The van der Waals surface area contributed by atoms with Crippen LogP contribution < -0.4 is 0 Å². The molecule has 15 heavy (non-hydrogen) atoms. The highest BCUT2D eigenvalue weighted by Gasteiger charge is 2.16. The van der Waals surface area contributed by atoms with Crippen molar-refractivity contribution < 1.29 is 0 Å². The summed E-state index contributed by atoms with van der Waals surface area (Å²) in [6.45, 7) is 2.09. The molecule has 0 atom stereocenters. The van der Waals surface area contributed by atoms with Gasteiger partial charge in [-0.25, -0.2) is 0 Å². The highest BCUT2D eigenvalue weighted by atomic mass is 79.9. The van der Waals surface area contributed by atoms with Crippen molar-refractivity contribution in [3.8, 4) is 0 Å². The molecule has 1 rings (SSSR count). The third-order valence-electron chi connectivity index (χ3n) is 2.42. The molecule has 0 aliphatic heterocycles. The van der Waals surface area contributed by atoms with E-state index in [2.05, 4.69) is 28.0 Å². The van der Waals surface area contributed by atoms with Crippen molar-refractivity contribution in [3.63, 3.8) is 0 Å². The molecule has 1 heterocycles. The van der Waals surface area contributed by atoms with Crippen LogP contribution in [0.25, 0.3) is 0 Å². The van der Waals surface area contributed by atoms with Crippen LogP contribution in [0.5, 0.6) is 0 Å². The van der Waals surface area contributed by atoms with E-state index in [0.717, 1.165) is 23.0 Å². The molecule has 0 radical (unpaired) electrons. The average Bonchev–Trinajstić information content (AvgIpc) is 2.51. The first kappa shape index (κ1) is 13.3. The van der Waals surface area contributed by atoms with Crippen LogP contribution in [0.4, 0.5) is 0 Å². The van der Waals surface area contributed by atoms with Gasteiger partial charge in [0.25, 0.3) is 0 Å². The van der Waals surface area contributed by atoms with Gasteiger partial charge in [-0.3, -0.25) is 4.68 Å². The second-order valence-corrected chi connectivity index (χ2v) is 4.97. The molecular weight excluding hydrogens is 299 g/mol. The Morgan fingerprint density at radius 1 is 1.40 bits per heavy atom. The van der Waals surface area contributed by atoms with Crippen LogP contribution in [-0.2, 0) is 19.9 Å². The Morgan fingerprint density at radius 2 is 2.00 bits per heavy atom. The van der Waals surface area contributed by atoms with Crippen LogP contribution in [0.1, 0.15) is 18.3 Å². The molecule has 2 nitrogen and oxygen atoms in total. The molecule has 0 amide bonds. The molecule has 0 saturated carbocycles.